The molecule has 3 rings (SSSR count). The van der Waals surface area contributed by atoms with Crippen LogP contribution in [0, 0.1) is 0 Å². The number of likely N-dealkylation sites (N-methyl/N-ethyl adjacent to an activating group) is 1. The summed E-state index contributed by atoms with van der Waals surface area (Å²) in [7, 11) is 0. The van der Waals surface area contributed by atoms with E-state index in [1.165, 1.54) is 0 Å². The lowest BCUT2D eigenvalue weighted by Crippen LogP contribution is -2.46. The van der Waals surface area contributed by atoms with Crippen LogP contribution in [-0.4, -0.2) is 53.2 Å². The molecule has 1 N–H and O–H groups in total. The molecular weight excluding hydrogens is 288 g/mol. The largest absolute Gasteiger partial charge is 0.374 e. The molecule has 0 spiro atoms. The van der Waals surface area contributed by atoms with Gasteiger partial charge in [-0.1, -0.05) is 24.6 Å². The number of halogens is 1. The third kappa shape index (κ3) is 3.37. The summed E-state index contributed by atoms with van der Waals surface area (Å²) in [6, 6.07) is 5.90. The Morgan fingerprint density at radius 2 is 2.38 bits per heavy atom. The average Bonchev–Trinajstić information content (AvgIpc) is 2.83. The van der Waals surface area contributed by atoms with Crippen molar-refractivity contribution in [1.29, 1.82) is 0 Å². The molecule has 3 heterocycles. The molecule has 0 aliphatic carbocycles. The number of nitrogens with one attached hydrogen (secondary N) is 1. The normalized spacial score (nSPS) is 20.2. The molecule has 0 bridgehead atoms. The van der Waals surface area contributed by atoms with Gasteiger partial charge in [-0.25, -0.2) is 4.98 Å². The lowest BCUT2D eigenvalue weighted by molar-refractivity contribution is -0.0254. The van der Waals surface area contributed by atoms with Gasteiger partial charge in [0.15, 0.2) is 5.15 Å². The standard InChI is InChI=1S/C15H21ClN4O/c1-2-19-7-8-21-12(11-19)9-17-10-13-15(16)18-14-5-3-4-6-20(13)14/h3-6,12,17H,2,7-11H2,1H3/t12-/m0/s1. The van der Waals surface area contributed by atoms with E-state index in [-0.39, 0.29) is 6.10 Å². The Labute approximate surface area is 129 Å². The van der Waals surface area contributed by atoms with Gasteiger partial charge >= 0.3 is 0 Å². The molecule has 114 valence electrons. The second kappa shape index (κ2) is 6.75. The summed E-state index contributed by atoms with van der Waals surface area (Å²) in [5.74, 6) is 0. The number of ether oxygens (including phenoxy) is 1. The highest BCUT2D eigenvalue weighted by Gasteiger charge is 2.19. The van der Waals surface area contributed by atoms with E-state index in [2.05, 4.69) is 22.1 Å². The molecule has 2 aromatic heterocycles. The number of hydrogen-bond donors (Lipinski definition) is 1. The second-order valence-electron chi connectivity index (χ2n) is 5.30. The Hall–Kier alpha value is -1.14. The Morgan fingerprint density at radius 1 is 1.48 bits per heavy atom. The van der Waals surface area contributed by atoms with Crippen molar-refractivity contribution in [1.82, 2.24) is 19.6 Å². The average molecular weight is 309 g/mol. The maximum atomic E-state index is 6.22. The molecule has 1 aliphatic heterocycles. The van der Waals surface area contributed by atoms with Crippen LogP contribution >= 0.6 is 11.6 Å². The number of pyridine rings is 1. The van der Waals surface area contributed by atoms with Crippen molar-refractivity contribution in [3.05, 3.63) is 35.2 Å². The fourth-order valence-corrected chi connectivity index (χ4v) is 2.96. The highest BCUT2D eigenvalue weighted by molar-refractivity contribution is 6.30. The van der Waals surface area contributed by atoms with E-state index in [1.807, 2.05) is 28.8 Å². The van der Waals surface area contributed by atoms with Crippen LogP contribution in [0.25, 0.3) is 5.65 Å². The van der Waals surface area contributed by atoms with Crippen LogP contribution in [0.15, 0.2) is 24.4 Å². The topological polar surface area (TPSA) is 41.8 Å². The first kappa shape index (κ1) is 14.8. The van der Waals surface area contributed by atoms with Crippen LogP contribution in [-0.2, 0) is 11.3 Å². The van der Waals surface area contributed by atoms with Gasteiger partial charge in [0.05, 0.1) is 18.4 Å². The minimum absolute atomic E-state index is 0.247. The fourth-order valence-electron chi connectivity index (χ4n) is 2.72. The van der Waals surface area contributed by atoms with E-state index in [1.54, 1.807) is 0 Å². The first-order valence-electron chi connectivity index (χ1n) is 7.44. The van der Waals surface area contributed by atoms with E-state index in [0.29, 0.717) is 11.7 Å². The molecule has 0 amide bonds. The number of morpholine rings is 1. The van der Waals surface area contributed by atoms with Crippen molar-refractivity contribution in [3.63, 3.8) is 0 Å². The van der Waals surface area contributed by atoms with Crippen molar-refractivity contribution in [3.8, 4) is 0 Å². The molecule has 5 nitrogen and oxygen atoms in total. The Balaban J connectivity index is 1.58. The van der Waals surface area contributed by atoms with Crippen LogP contribution in [0.2, 0.25) is 5.15 Å². The van der Waals surface area contributed by atoms with E-state index < -0.39 is 0 Å². The Bertz CT molecular complexity index is 600. The minimum atomic E-state index is 0.247. The summed E-state index contributed by atoms with van der Waals surface area (Å²) < 4.78 is 7.81. The lowest BCUT2D eigenvalue weighted by Gasteiger charge is -2.32. The summed E-state index contributed by atoms with van der Waals surface area (Å²) in [5.41, 5.74) is 1.88. The Morgan fingerprint density at radius 3 is 3.24 bits per heavy atom. The van der Waals surface area contributed by atoms with Gasteiger partial charge in [0, 0.05) is 32.4 Å². The van der Waals surface area contributed by atoms with Gasteiger partial charge in [-0.15, -0.1) is 0 Å². The van der Waals surface area contributed by atoms with Crippen molar-refractivity contribution in [2.75, 3.05) is 32.8 Å². The van der Waals surface area contributed by atoms with Crippen LogP contribution in [0.3, 0.4) is 0 Å². The van der Waals surface area contributed by atoms with Gasteiger partial charge in [-0.05, 0) is 18.7 Å². The molecule has 1 fully saturated rings. The van der Waals surface area contributed by atoms with E-state index in [0.717, 1.165) is 44.1 Å². The predicted octanol–water partition coefficient (Wildman–Crippen LogP) is 1.80. The van der Waals surface area contributed by atoms with Gasteiger partial charge in [0.1, 0.15) is 5.65 Å². The van der Waals surface area contributed by atoms with Crippen molar-refractivity contribution in [2.24, 2.45) is 0 Å². The molecule has 0 radical (unpaired) electrons. The molecule has 1 saturated heterocycles. The maximum absolute atomic E-state index is 6.22. The van der Waals surface area contributed by atoms with Gasteiger partial charge < -0.3 is 14.5 Å². The zero-order valence-corrected chi connectivity index (χ0v) is 13.0. The maximum Gasteiger partial charge on any atom is 0.152 e. The predicted molar refractivity (Wildman–Crippen MR) is 83.8 cm³/mol. The number of fused-ring (bicyclic) bond motifs is 1. The molecular formula is C15H21ClN4O. The number of aromatic nitrogens is 2. The monoisotopic (exact) mass is 308 g/mol. The zero-order valence-electron chi connectivity index (χ0n) is 12.3. The highest BCUT2D eigenvalue weighted by Crippen LogP contribution is 2.17. The summed E-state index contributed by atoms with van der Waals surface area (Å²) in [4.78, 5) is 6.77. The zero-order chi connectivity index (χ0) is 14.7. The fraction of sp³-hybridized carbons (Fsp3) is 0.533. The molecule has 1 aliphatic rings. The smallest absolute Gasteiger partial charge is 0.152 e. The van der Waals surface area contributed by atoms with E-state index >= 15 is 0 Å². The summed E-state index contributed by atoms with van der Waals surface area (Å²) in [6.45, 7) is 7.63. The Kier molecular flexibility index (Phi) is 4.75. The van der Waals surface area contributed by atoms with E-state index in [4.69, 9.17) is 16.3 Å². The first-order chi connectivity index (χ1) is 10.3. The van der Waals surface area contributed by atoms with Gasteiger partial charge in [-0.2, -0.15) is 0 Å². The summed E-state index contributed by atoms with van der Waals surface area (Å²) in [6.07, 6.45) is 2.23. The highest BCUT2D eigenvalue weighted by atomic mass is 35.5. The molecule has 1 atom stereocenters. The second-order valence-corrected chi connectivity index (χ2v) is 5.65. The van der Waals surface area contributed by atoms with Crippen LogP contribution in [0.1, 0.15) is 12.6 Å². The third-order valence-corrected chi connectivity index (χ3v) is 4.22. The molecule has 2 aromatic rings. The number of imidazole rings is 1. The number of rotatable bonds is 5. The van der Waals surface area contributed by atoms with E-state index in [9.17, 15) is 0 Å². The van der Waals surface area contributed by atoms with Crippen molar-refractivity contribution < 1.29 is 4.74 Å². The van der Waals surface area contributed by atoms with Gasteiger partial charge in [0.25, 0.3) is 0 Å². The van der Waals surface area contributed by atoms with Crippen molar-refractivity contribution >= 4 is 17.2 Å². The summed E-state index contributed by atoms with van der Waals surface area (Å²) >= 11 is 6.22. The molecule has 6 heteroatoms. The lowest BCUT2D eigenvalue weighted by atomic mass is 10.2. The first-order valence-corrected chi connectivity index (χ1v) is 7.82. The molecule has 0 unspecified atom stereocenters. The minimum Gasteiger partial charge on any atom is -0.374 e. The molecule has 21 heavy (non-hydrogen) atoms. The number of nitrogens with zero attached hydrogens (tertiary/aromatic N) is 3. The molecule has 0 aromatic carbocycles. The van der Waals surface area contributed by atoms with Crippen molar-refractivity contribution in [2.45, 2.75) is 19.6 Å². The number of hydrogen-bond acceptors (Lipinski definition) is 4. The van der Waals surface area contributed by atoms with Crippen LogP contribution < -0.4 is 5.32 Å². The van der Waals surface area contributed by atoms with Gasteiger partial charge in [0.2, 0.25) is 0 Å². The van der Waals surface area contributed by atoms with Crippen LogP contribution in [0.5, 0.6) is 0 Å². The van der Waals surface area contributed by atoms with Crippen LogP contribution in [0.4, 0.5) is 0 Å². The summed E-state index contributed by atoms with van der Waals surface area (Å²) in [5, 5.41) is 4.00. The molecule has 0 saturated carbocycles. The SMILES string of the molecule is CCN1CCO[C@@H](CNCc2c(Cl)nc3ccccn23)C1. The quantitative estimate of drug-likeness (QED) is 0.914. The third-order valence-electron chi connectivity index (χ3n) is 3.91. The van der Waals surface area contributed by atoms with Gasteiger partial charge in [-0.3, -0.25) is 4.90 Å².